The van der Waals surface area contributed by atoms with Crippen molar-refractivity contribution in [3.63, 3.8) is 0 Å². The molecule has 4 N–H and O–H groups in total. The Kier molecular flexibility index (Phi) is 14.6. The summed E-state index contributed by atoms with van der Waals surface area (Å²) in [6.07, 6.45) is 5.89. The lowest BCUT2D eigenvalue weighted by molar-refractivity contribution is 0.308. The van der Waals surface area contributed by atoms with Crippen molar-refractivity contribution in [2.45, 2.75) is 39.5 Å². The first-order chi connectivity index (χ1) is 5.79. The van der Waals surface area contributed by atoms with Crippen molar-refractivity contribution in [1.82, 2.24) is 0 Å². The van der Waals surface area contributed by atoms with Crippen molar-refractivity contribution in [3.8, 4) is 0 Å². The maximum Gasteiger partial charge on any atom is -0.0443 e. The van der Waals surface area contributed by atoms with Crippen molar-refractivity contribution in [2.75, 3.05) is 0 Å². The third kappa shape index (κ3) is 8.71. The van der Waals surface area contributed by atoms with Crippen LogP contribution in [0.4, 0.5) is 0 Å². The monoisotopic (exact) mass is 210 g/mol. The fourth-order valence-electron chi connectivity index (χ4n) is 1.43. The highest BCUT2D eigenvalue weighted by atomic mass is 32.1. The van der Waals surface area contributed by atoms with Crippen LogP contribution in [0, 0.1) is 11.8 Å². The predicted octanol–water partition coefficient (Wildman–Crippen LogP) is 2.41. The fraction of sp³-hybridized carbons (Fsp3) is 1.00. The molecule has 1 rings (SSSR count). The van der Waals surface area contributed by atoms with Gasteiger partial charge in [0.25, 0.3) is 0 Å². The third-order valence-electron chi connectivity index (χ3n) is 2.30. The first-order valence-corrected chi connectivity index (χ1v) is 5.34. The minimum Gasteiger partial charge on any atom is -0.281 e. The first kappa shape index (κ1) is 15.1. The molecule has 0 aromatic heterocycles. The van der Waals surface area contributed by atoms with Crippen LogP contribution in [0.1, 0.15) is 39.5 Å². The van der Waals surface area contributed by atoms with E-state index in [-0.39, 0.29) is 0 Å². The lowest BCUT2D eigenvalue weighted by Gasteiger charge is -2.22. The van der Waals surface area contributed by atoms with Crippen molar-refractivity contribution < 1.29 is 0 Å². The van der Waals surface area contributed by atoms with Gasteiger partial charge in [0, 0.05) is 0 Å². The molecular formula is C8H22N2S2. The minimum atomic E-state index is 1.02. The number of hydrogen-bond acceptors (Lipinski definition) is 4. The Labute approximate surface area is 87.6 Å². The smallest absolute Gasteiger partial charge is 0.0443 e. The Morgan fingerprint density at radius 1 is 0.750 bits per heavy atom. The largest absolute Gasteiger partial charge is 0.281 e. The summed E-state index contributed by atoms with van der Waals surface area (Å²) in [5.41, 5.74) is 0. The summed E-state index contributed by atoms with van der Waals surface area (Å²) in [4.78, 5) is 0. The van der Waals surface area contributed by atoms with Crippen LogP contribution in [0.3, 0.4) is 0 Å². The van der Waals surface area contributed by atoms with Gasteiger partial charge in [0.1, 0.15) is 0 Å². The van der Waals surface area contributed by atoms with Gasteiger partial charge in [0.15, 0.2) is 0 Å². The molecule has 0 aliphatic heterocycles. The molecule has 1 fully saturated rings. The molecular weight excluding hydrogens is 188 g/mol. The molecule has 1 aliphatic carbocycles. The summed E-state index contributed by atoms with van der Waals surface area (Å²) >= 11 is 6.06. The van der Waals surface area contributed by atoms with Crippen molar-refractivity contribution in [1.29, 1.82) is 0 Å². The van der Waals surface area contributed by atoms with Crippen LogP contribution in [0.2, 0.25) is 0 Å². The van der Waals surface area contributed by atoms with Gasteiger partial charge >= 0.3 is 0 Å². The molecule has 0 amide bonds. The van der Waals surface area contributed by atoms with E-state index in [4.69, 9.17) is 0 Å². The van der Waals surface area contributed by atoms with E-state index in [2.05, 4.69) is 49.8 Å². The highest BCUT2D eigenvalue weighted by Crippen LogP contribution is 2.27. The summed E-state index contributed by atoms with van der Waals surface area (Å²) in [5.74, 6) is 2.04. The topological polar surface area (TPSA) is 52.0 Å². The normalized spacial score (nSPS) is 27.5. The molecule has 0 aromatic carbocycles. The average molecular weight is 210 g/mol. The van der Waals surface area contributed by atoms with Gasteiger partial charge in [-0.1, -0.05) is 39.5 Å². The molecule has 0 saturated heterocycles. The molecule has 12 heavy (non-hydrogen) atoms. The quantitative estimate of drug-likeness (QED) is 0.464. The van der Waals surface area contributed by atoms with Gasteiger partial charge in [0.2, 0.25) is 0 Å². The van der Waals surface area contributed by atoms with Crippen molar-refractivity contribution in [2.24, 2.45) is 22.1 Å². The van der Waals surface area contributed by atoms with Gasteiger partial charge in [-0.15, -0.1) is 25.6 Å². The standard InChI is InChI=1S/C8H16.2H3NS/c1-7-3-5-8(2)6-4-7;2*1-2/h7-8H,3-6H2,1-2H3;2*2H,1H2. The lowest BCUT2D eigenvalue weighted by Crippen LogP contribution is -2.08. The molecule has 0 radical (unpaired) electrons. The molecule has 0 aromatic rings. The van der Waals surface area contributed by atoms with Crippen LogP contribution in [0.25, 0.3) is 0 Å². The Balaban J connectivity index is 0. The molecule has 1 saturated carbocycles. The van der Waals surface area contributed by atoms with Gasteiger partial charge in [-0.3, -0.25) is 10.3 Å². The lowest BCUT2D eigenvalue weighted by atomic mass is 9.84. The minimum absolute atomic E-state index is 1.02. The summed E-state index contributed by atoms with van der Waals surface area (Å²) in [7, 11) is 0. The summed E-state index contributed by atoms with van der Waals surface area (Å²) in [6.45, 7) is 4.73. The second kappa shape index (κ2) is 11.6. The zero-order valence-electron chi connectivity index (χ0n) is 8.03. The Morgan fingerprint density at radius 2 is 0.917 bits per heavy atom. The molecule has 0 spiro atoms. The second-order valence-electron chi connectivity index (χ2n) is 3.37. The van der Waals surface area contributed by atoms with Crippen LogP contribution in [0.5, 0.6) is 0 Å². The molecule has 0 unspecified atom stereocenters. The van der Waals surface area contributed by atoms with Crippen LogP contribution in [0.15, 0.2) is 0 Å². The number of rotatable bonds is 0. The zero-order valence-corrected chi connectivity index (χ0v) is 9.82. The highest BCUT2D eigenvalue weighted by Gasteiger charge is 2.13. The molecule has 0 bridgehead atoms. The SMILES string of the molecule is CC1CCC(C)CC1.NS.NS. The third-order valence-corrected chi connectivity index (χ3v) is 2.30. The van der Waals surface area contributed by atoms with E-state index in [1.165, 1.54) is 25.7 Å². The predicted molar refractivity (Wildman–Crippen MR) is 63.1 cm³/mol. The Hall–Kier alpha value is 0.620. The second-order valence-corrected chi connectivity index (χ2v) is 3.37. The van der Waals surface area contributed by atoms with Gasteiger partial charge in [-0.2, -0.15) is 0 Å². The summed E-state index contributed by atoms with van der Waals surface area (Å²) < 4.78 is 0. The average Bonchev–Trinajstić information content (AvgIpc) is 2.17. The highest BCUT2D eigenvalue weighted by molar-refractivity contribution is 7.77. The molecule has 76 valence electrons. The van der Waals surface area contributed by atoms with Crippen molar-refractivity contribution >= 4 is 25.6 Å². The molecule has 4 heteroatoms. The molecule has 1 aliphatic rings. The van der Waals surface area contributed by atoms with Crippen molar-refractivity contribution in [3.05, 3.63) is 0 Å². The van der Waals surface area contributed by atoms with Crippen LogP contribution < -0.4 is 10.3 Å². The number of nitrogens with two attached hydrogens (primary N) is 2. The summed E-state index contributed by atoms with van der Waals surface area (Å²) in [6, 6.07) is 0. The Morgan fingerprint density at radius 3 is 1.08 bits per heavy atom. The van der Waals surface area contributed by atoms with E-state index in [0.29, 0.717) is 0 Å². The van der Waals surface area contributed by atoms with Gasteiger partial charge < -0.3 is 0 Å². The fourth-order valence-corrected chi connectivity index (χ4v) is 1.43. The van der Waals surface area contributed by atoms with Crippen LogP contribution >= 0.6 is 25.6 Å². The summed E-state index contributed by atoms with van der Waals surface area (Å²) in [5, 5.41) is 8.39. The Bertz CT molecular complexity index is 63.5. The number of thiol groups is 2. The van der Waals surface area contributed by atoms with E-state index in [1.807, 2.05) is 0 Å². The van der Waals surface area contributed by atoms with E-state index in [0.717, 1.165) is 11.8 Å². The van der Waals surface area contributed by atoms with E-state index in [9.17, 15) is 0 Å². The maximum atomic E-state index is 4.19. The van der Waals surface area contributed by atoms with Gasteiger partial charge in [-0.05, 0) is 11.8 Å². The van der Waals surface area contributed by atoms with E-state index < -0.39 is 0 Å². The van der Waals surface area contributed by atoms with Gasteiger partial charge in [-0.25, -0.2) is 0 Å². The van der Waals surface area contributed by atoms with Gasteiger partial charge in [0.05, 0.1) is 0 Å². The van der Waals surface area contributed by atoms with E-state index >= 15 is 0 Å². The zero-order chi connectivity index (χ0) is 9.98. The first-order valence-electron chi connectivity index (χ1n) is 4.30. The molecule has 0 atom stereocenters. The van der Waals surface area contributed by atoms with Crippen LogP contribution in [-0.4, -0.2) is 0 Å². The van der Waals surface area contributed by atoms with Crippen LogP contribution in [-0.2, 0) is 0 Å². The molecule has 2 nitrogen and oxygen atoms in total. The maximum absolute atomic E-state index is 4.19. The number of hydrogen-bond donors (Lipinski definition) is 4. The molecule has 0 heterocycles. The van der Waals surface area contributed by atoms with E-state index in [1.54, 1.807) is 0 Å².